The lowest BCUT2D eigenvalue weighted by Gasteiger charge is -2.43. The van der Waals surface area contributed by atoms with Crippen LogP contribution in [0.15, 0.2) is 36.4 Å². The summed E-state index contributed by atoms with van der Waals surface area (Å²) in [7, 11) is 0. The molecule has 0 aliphatic heterocycles. The third kappa shape index (κ3) is 3.28. The molecule has 0 radical (unpaired) electrons. The van der Waals surface area contributed by atoms with Gasteiger partial charge >= 0.3 is 0 Å². The average Bonchev–Trinajstić information content (AvgIpc) is 2.52. The molecule has 0 saturated heterocycles. The van der Waals surface area contributed by atoms with Gasteiger partial charge in [0, 0.05) is 16.9 Å². The monoisotopic (exact) mass is 336 g/mol. The van der Waals surface area contributed by atoms with Crippen molar-refractivity contribution in [3.05, 3.63) is 58.7 Å². The Kier molecular flexibility index (Phi) is 4.14. The van der Waals surface area contributed by atoms with E-state index in [1.165, 1.54) is 11.1 Å². The van der Waals surface area contributed by atoms with Crippen LogP contribution >= 0.6 is 0 Å². The second kappa shape index (κ2) is 5.91. The van der Waals surface area contributed by atoms with Crippen LogP contribution in [0.4, 0.5) is 11.4 Å². The number of hydrogen-bond acceptors (Lipinski definition) is 2. The topological polar surface area (TPSA) is 55.1 Å². The number of rotatable bonds is 2. The van der Waals surface area contributed by atoms with Crippen LogP contribution in [0, 0.1) is 6.92 Å². The van der Waals surface area contributed by atoms with Gasteiger partial charge in [0.15, 0.2) is 0 Å². The lowest BCUT2D eigenvalue weighted by atomic mass is 9.62. The Bertz CT molecular complexity index is 817. The molecule has 132 valence electrons. The largest absolute Gasteiger partial charge is 0.399 e. The lowest BCUT2D eigenvalue weighted by Crippen LogP contribution is -2.35. The number of nitrogens with two attached hydrogens (primary N) is 1. The van der Waals surface area contributed by atoms with Gasteiger partial charge in [0.2, 0.25) is 0 Å². The summed E-state index contributed by atoms with van der Waals surface area (Å²) in [4.78, 5) is 12.7. The van der Waals surface area contributed by atoms with E-state index in [2.05, 4.69) is 39.1 Å². The van der Waals surface area contributed by atoms with E-state index in [-0.39, 0.29) is 16.7 Å². The first-order chi connectivity index (χ1) is 11.6. The highest BCUT2D eigenvalue weighted by molar-refractivity contribution is 6.05. The van der Waals surface area contributed by atoms with Crippen molar-refractivity contribution in [1.82, 2.24) is 0 Å². The Morgan fingerprint density at radius 1 is 1.00 bits per heavy atom. The molecule has 1 aliphatic carbocycles. The maximum atomic E-state index is 12.7. The molecule has 3 rings (SSSR count). The van der Waals surface area contributed by atoms with Gasteiger partial charge in [-0.1, -0.05) is 45.4 Å². The summed E-state index contributed by atoms with van der Waals surface area (Å²) in [5, 5.41) is 3.12. The van der Waals surface area contributed by atoms with Crippen molar-refractivity contribution >= 4 is 17.3 Å². The van der Waals surface area contributed by atoms with Crippen molar-refractivity contribution in [2.75, 3.05) is 11.1 Å². The normalized spacial score (nSPS) is 17.6. The molecular formula is C22H28N2O. The van der Waals surface area contributed by atoms with Crippen LogP contribution in [0.5, 0.6) is 0 Å². The van der Waals surface area contributed by atoms with Crippen LogP contribution in [-0.4, -0.2) is 5.91 Å². The molecule has 0 spiro atoms. The Labute approximate surface area is 150 Å². The summed E-state index contributed by atoms with van der Waals surface area (Å²) in [6, 6.07) is 11.6. The van der Waals surface area contributed by atoms with Crippen LogP contribution in [0.1, 0.15) is 67.6 Å². The van der Waals surface area contributed by atoms with Crippen LogP contribution in [0.3, 0.4) is 0 Å². The molecule has 0 heterocycles. The first-order valence-electron chi connectivity index (χ1n) is 8.93. The zero-order valence-corrected chi connectivity index (χ0v) is 15.9. The highest BCUT2D eigenvalue weighted by Gasteiger charge is 2.39. The Hall–Kier alpha value is -2.29. The second-order valence-corrected chi connectivity index (χ2v) is 8.58. The van der Waals surface area contributed by atoms with E-state index in [4.69, 9.17) is 5.73 Å². The standard InChI is InChI=1S/C22H28N2O/c1-14-6-8-15(9-7-14)20(25)24-18-13-16(23)12-17-19(18)22(4,5)11-10-21(17,2)3/h6-9,12-13H,10-11,23H2,1-5H3,(H,24,25). The van der Waals surface area contributed by atoms with E-state index in [0.29, 0.717) is 11.3 Å². The minimum atomic E-state index is -0.0908. The predicted molar refractivity (Wildman–Crippen MR) is 105 cm³/mol. The quantitative estimate of drug-likeness (QED) is 0.743. The number of aryl methyl sites for hydroxylation is 1. The van der Waals surface area contributed by atoms with E-state index in [1.807, 2.05) is 37.3 Å². The fraction of sp³-hybridized carbons (Fsp3) is 0.409. The second-order valence-electron chi connectivity index (χ2n) is 8.58. The number of anilines is 2. The van der Waals surface area contributed by atoms with Gasteiger partial charge in [0.1, 0.15) is 0 Å². The molecule has 0 saturated carbocycles. The van der Waals surface area contributed by atoms with Crippen LogP contribution in [0.25, 0.3) is 0 Å². The zero-order chi connectivity index (χ0) is 18.4. The summed E-state index contributed by atoms with van der Waals surface area (Å²) < 4.78 is 0. The van der Waals surface area contributed by atoms with Gasteiger partial charge in [-0.2, -0.15) is 0 Å². The molecule has 3 heteroatoms. The lowest BCUT2D eigenvalue weighted by molar-refractivity contribution is 0.102. The van der Waals surface area contributed by atoms with E-state index in [0.717, 1.165) is 24.1 Å². The minimum absolute atomic E-state index is 0.00838. The predicted octanol–water partition coefficient (Wildman–Crippen LogP) is 5.18. The number of hydrogen-bond donors (Lipinski definition) is 2. The van der Waals surface area contributed by atoms with E-state index >= 15 is 0 Å². The Morgan fingerprint density at radius 2 is 1.60 bits per heavy atom. The molecule has 2 aromatic rings. The van der Waals surface area contributed by atoms with Gasteiger partial charge in [-0.15, -0.1) is 0 Å². The molecule has 25 heavy (non-hydrogen) atoms. The highest BCUT2D eigenvalue weighted by atomic mass is 16.1. The molecule has 0 fully saturated rings. The van der Waals surface area contributed by atoms with E-state index in [9.17, 15) is 4.79 Å². The third-order valence-corrected chi connectivity index (χ3v) is 5.50. The molecule has 0 atom stereocenters. The van der Waals surface area contributed by atoms with Crippen LogP contribution < -0.4 is 11.1 Å². The fourth-order valence-electron chi connectivity index (χ4n) is 3.81. The van der Waals surface area contributed by atoms with Crippen molar-refractivity contribution in [2.45, 2.75) is 58.3 Å². The number of carbonyl (C=O) groups is 1. The van der Waals surface area contributed by atoms with Crippen LogP contribution in [0.2, 0.25) is 0 Å². The molecule has 1 amide bonds. The molecule has 0 bridgehead atoms. The number of nitrogen functional groups attached to an aromatic ring is 1. The summed E-state index contributed by atoms with van der Waals surface area (Å²) in [6.45, 7) is 11.0. The Morgan fingerprint density at radius 3 is 2.24 bits per heavy atom. The number of fused-ring (bicyclic) bond motifs is 1. The maximum absolute atomic E-state index is 12.7. The van der Waals surface area contributed by atoms with Crippen molar-refractivity contribution in [3.63, 3.8) is 0 Å². The van der Waals surface area contributed by atoms with Crippen molar-refractivity contribution in [3.8, 4) is 0 Å². The molecule has 0 unspecified atom stereocenters. The van der Waals surface area contributed by atoms with Crippen LogP contribution in [-0.2, 0) is 10.8 Å². The smallest absolute Gasteiger partial charge is 0.255 e. The van der Waals surface area contributed by atoms with E-state index in [1.54, 1.807) is 0 Å². The molecular weight excluding hydrogens is 308 g/mol. The Balaban J connectivity index is 2.06. The molecule has 3 N–H and O–H groups in total. The van der Waals surface area contributed by atoms with Crippen molar-refractivity contribution in [2.24, 2.45) is 0 Å². The summed E-state index contributed by atoms with van der Waals surface area (Å²) in [6.07, 6.45) is 2.20. The van der Waals surface area contributed by atoms with Gasteiger partial charge in [-0.05, 0) is 66.0 Å². The SMILES string of the molecule is Cc1ccc(C(=O)Nc2cc(N)cc3c2C(C)(C)CCC3(C)C)cc1. The van der Waals surface area contributed by atoms with Crippen molar-refractivity contribution in [1.29, 1.82) is 0 Å². The minimum Gasteiger partial charge on any atom is -0.399 e. The molecule has 0 aromatic heterocycles. The molecule has 1 aliphatic rings. The molecule has 2 aromatic carbocycles. The maximum Gasteiger partial charge on any atom is 0.255 e. The first kappa shape index (κ1) is 17.5. The summed E-state index contributed by atoms with van der Waals surface area (Å²) >= 11 is 0. The number of amides is 1. The zero-order valence-electron chi connectivity index (χ0n) is 15.9. The molecule has 3 nitrogen and oxygen atoms in total. The number of nitrogens with one attached hydrogen (secondary N) is 1. The summed E-state index contributed by atoms with van der Waals surface area (Å²) in [5.74, 6) is -0.0908. The van der Waals surface area contributed by atoms with Gasteiger partial charge in [0.05, 0.1) is 0 Å². The van der Waals surface area contributed by atoms with Gasteiger partial charge in [-0.25, -0.2) is 0 Å². The van der Waals surface area contributed by atoms with Gasteiger partial charge < -0.3 is 11.1 Å². The third-order valence-electron chi connectivity index (χ3n) is 5.50. The van der Waals surface area contributed by atoms with Gasteiger partial charge in [-0.3, -0.25) is 4.79 Å². The average molecular weight is 336 g/mol. The van der Waals surface area contributed by atoms with E-state index < -0.39 is 0 Å². The summed E-state index contributed by atoms with van der Waals surface area (Å²) in [5.41, 5.74) is 12.1. The highest BCUT2D eigenvalue weighted by Crippen LogP contribution is 2.49. The van der Waals surface area contributed by atoms with Gasteiger partial charge in [0.25, 0.3) is 5.91 Å². The first-order valence-corrected chi connectivity index (χ1v) is 8.93. The fourth-order valence-corrected chi connectivity index (χ4v) is 3.81. The number of carbonyl (C=O) groups excluding carboxylic acids is 1. The number of benzene rings is 2. The van der Waals surface area contributed by atoms with Crippen molar-refractivity contribution < 1.29 is 4.79 Å².